The third-order valence-corrected chi connectivity index (χ3v) is 8.64. The standard InChI is InChI=1S/C15H29N4O13P3/c1-2-3-10(16)5-4-9-7-19(15(21)18-14(9)17)13-6-11(20)12(30-13)8-29-34(25,26)32-35(27,28)31-33(22,23)24/h7,10-13,20H,2-6,8,16H2,1H3,(H,25,26)(H,27,28)(H2,17,18,21)(H2,22,23,24)/t10?,11-,12+,13+/m0/s1. The van der Waals surface area contributed by atoms with Gasteiger partial charge in [0.05, 0.1) is 12.7 Å². The lowest BCUT2D eigenvalue weighted by Gasteiger charge is -2.20. The summed E-state index contributed by atoms with van der Waals surface area (Å²) in [5.41, 5.74) is 11.6. The van der Waals surface area contributed by atoms with Crippen molar-refractivity contribution in [3.63, 3.8) is 0 Å². The van der Waals surface area contributed by atoms with Crippen LogP contribution in [-0.4, -0.2) is 59.1 Å². The van der Waals surface area contributed by atoms with E-state index in [2.05, 4.69) is 18.1 Å². The van der Waals surface area contributed by atoms with Crippen LogP contribution in [0.1, 0.15) is 44.4 Å². The van der Waals surface area contributed by atoms with Crippen LogP contribution in [0.25, 0.3) is 0 Å². The summed E-state index contributed by atoms with van der Waals surface area (Å²) < 4.78 is 52.2. The topological polar surface area (TPSA) is 276 Å². The monoisotopic (exact) mass is 566 g/mol. The van der Waals surface area contributed by atoms with E-state index in [0.29, 0.717) is 18.4 Å². The Morgan fingerprint density at radius 3 is 2.46 bits per heavy atom. The Labute approximate surface area is 199 Å². The summed E-state index contributed by atoms with van der Waals surface area (Å²) in [6.07, 6.45) is 0.361. The fourth-order valence-corrected chi connectivity index (χ4v) is 6.31. The average molecular weight is 566 g/mol. The van der Waals surface area contributed by atoms with Crippen molar-refractivity contribution in [1.82, 2.24) is 9.55 Å². The molecule has 6 atom stereocenters. The number of phosphoric ester groups is 1. The first-order valence-corrected chi connectivity index (χ1v) is 14.8. The first-order chi connectivity index (χ1) is 16.0. The van der Waals surface area contributed by atoms with Crippen LogP contribution in [-0.2, 0) is 38.0 Å². The fourth-order valence-electron chi connectivity index (χ4n) is 3.28. The number of nitrogens with two attached hydrogens (primary N) is 2. The fraction of sp³-hybridized carbons (Fsp3) is 0.733. The molecule has 17 nitrogen and oxygen atoms in total. The largest absolute Gasteiger partial charge is 0.490 e. The van der Waals surface area contributed by atoms with Crippen molar-refractivity contribution in [2.75, 3.05) is 12.3 Å². The summed E-state index contributed by atoms with van der Waals surface area (Å²) in [6.45, 7) is 1.14. The molecule has 3 unspecified atom stereocenters. The molecule has 0 spiro atoms. The number of nitrogens with zero attached hydrogens (tertiary/aromatic N) is 2. The highest BCUT2D eigenvalue weighted by atomic mass is 31.3. The maximum absolute atomic E-state index is 12.3. The average Bonchev–Trinajstić information content (AvgIpc) is 3.03. The van der Waals surface area contributed by atoms with E-state index in [-0.39, 0.29) is 18.3 Å². The van der Waals surface area contributed by atoms with Crippen LogP contribution in [0.15, 0.2) is 11.0 Å². The van der Waals surface area contributed by atoms with E-state index >= 15 is 0 Å². The van der Waals surface area contributed by atoms with E-state index in [1.54, 1.807) is 0 Å². The van der Waals surface area contributed by atoms with Crippen molar-refractivity contribution >= 4 is 29.3 Å². The highest BCUT2D eigenvalue weighted by molar-refractivity contribution is 7.66. The highest BCUT2D eigenvalue weighted by Gasteiger charge is 2.43. The number of ether oxygens (including phenoxy) is 1. The number of phosphoric acid groups is 3. The van der Waals surface area contributed by atoms with Gasteiger partial charge in [-0.1, -0.05) is 13.3 Å². The third-order valence-electron chi connectivity index (χ3n) is 4.84. The van der Waals surface area contributed by atoms with E-state index in [9.17, 15) is 33.4 Å². The molecule has 35 heavy (non-hydrogen) atoms. The molecule has 20 heteroatoms. The minimum Gasteiger partial charge on any atom is -0.390 e. The highest BCUT2D eigenvalue weighted by Crippen LogP contribution is 2.66. The summed E-state index contributed by atoms with van der Waals surface area (Å²) in [5, 5.41) is 10.2. The van der Waals surface area contributed by atoms with E-state index in [0.717, 1.165) is 17.4 Å². The SMILES string of the molecule is CCCC(N)CCc1cn([C@H]2C[C@H](O)[C@@H](COP(=O)(O)OP(=O)(O)OP(=O)(O)O)O2)c(=O)nc1N. The van der Waals surface area contributed by atoms with Crippen molar-refractivity contribution in [1.29, 1.82) is 0 Å². The number of aliphatic hydroxyl groups is 1. The zero-order valence-corrected chi connectivity index (χ0v) is 21.2. The molecule has 1 aliphatic rings. The Bertz CT molecular complexity index is 1080. The molecule has 9 N–H and O–H groups in total. The van der Waals surface area contributed by atoms with Gasteiger partial charge in [-0.25, -0.2) is 18.5 Å². The summed E-state index contributed by atoms with van der Waals surface area (Å²) in [7, 11) is -16.6. The summed E-state index contributed by atoms with van der Waals surface area (Å²) in [5.74, 6) is 0.0257. The van der Waals surface area contributed by atoms with Gasteiger partial charge in [0.15, 0.2) is 0 Å². The molecule has 0 aliphatic carbocycles. The Hall–Kier alpha value is -1.03. The van der Waals surface area contributed by atoms with E-state index in [4.69, 9.17) is 26.0 Å². The number of hydrogen-bond donors (Lipinski definition) is 7. The molecular formula is C15H29N4O13P3. The molecule has 0 amide bonds. The van der Waals surface area contributed by atoms with Crippen molar-refractivity contribution in [2.45, 2.75) is 63.5 Å². The van der Waals surface area contributed by atoms with Gasteiger partial charge in [0.2, 0.25) is 0 Å². The van der Waals surface area contributed by atoms with Crippen LogP contribution in [0.2, 0.25) is 0 Å². The van der Waals surface area contributed by atoms with Crippen LogP contribution in [0.3, 0.4) is 0 Å². The quantitative estimate of drug-likeness (QED) is 0.153. The normalized spacial score (nSPS) is 25.2. The zero-order chi connectivity index (χ0) is 26.6. The summed E-state index contributed by atoms with van der Waals surface area (Å²) >= 11 is 0. The maximum Gasteiger partial charge on any atom is 0.490 e. The maximum atomic E-state index is 12.3. The Morgan fingerprint density at radius 1 is 1.20 bits per heavy atom. The number of hydrogen-bond acceptors (Lipinski definition) is 12. The lowest BCUT2D eigenvalue weighted by molar-refractivity contribution is -0.0450. The zero-order valence-electron chi connectivity index (χ0n) is 18.5. The predicted octanol–water partition coefficient (Wildman–Crippen LogP) is -0.123. The molecule has 1 aromatic heterocycles. The number of rotatable bonds is 13. The van der Waals surface area contributed by atoms with Crippen molar-refractivity contribution < 1.29 is 56.3 Å². The molecule has 1 aliphatic heterocycles. The van der Waals surface area contributed by atoms with Crippen LogP contribution >= 0.6 is 23.5 Å². The first kappa shape index (κ1) is 30.2. The van der Waals surface area contributed by atoms with Crippen molar-refractivity contribution in [3.8, 4) is 0 Å². The Balaban J connectivity index is 2.05. The molecule has 202 valence electrons. The van der Waals surface area contributed by atoms with Crippen LogP contribution in [0.5, 0.6) is 0 Å². The Kier molecular flexibility index (Phi) is 10.4. The smallest absolute Gasteiger partial charge is 0.390 e. The number of aliphatic hydroxyl groups excluding tert-OH is 1. The summed E-state index contributed by atoms with van der Waals surface area (Å²) in [6, 6.07) is -0.0661. The third kappa shape index (κ3) is 9.74. The summed E-state index contributed by atoms with van der Waals surface area (Å²) in [4.78, 5) is 51.9. The van der Waals surface area contributed by atoms with Crippen LogP contribution in [0, 0.1) is 0 Å². The molecule has 1 saturated heterocycles. The first-order valence-electron chi connectivity index (χ1n) is 10.3. The molecule has 1 fully saturated rings. The van der Waals surface area contributed by atoms with E-state index in [1.165, 1.54) is 6.20 Å². The molecule has 0 aromatic carbocycles. The number of nitrogen functional groups attached to an aromatic ring is 1. The van der Waals surface area contributed by atoms with Gasteiger partial charge in [0.1, 0.15) is 18.1 Å². The number of aromatic nitrogens is 2. The molecule has 2 heterocycles. The van der Waals surface area contributed by atoms with Crippen LogP contribution in [0.4, 0.5) is 5.82 Å². The minimum absolute atomic E-state index is 0.0257. The van der Waals surface area contributed by atoms with E-state index < -0.39 is 54.2 Å². The molecule has 1 aromatic rings. The lowest BCUT2D eigenvalue weighted by Crippen LogP contribution is -2.30. The van der Waals surface area contributed by atoms with Gasteiger partial charge in [-0.05, 0) is 19.3 Å². The molecule has 0 radical (unpaired) electrons. The van der Waals surface area contributed by atoms with Crippen molar-refractivity contribution in [2.24, 2.45) is 5.73 Å². The van der Waals surface area contributed by atoms with Crippen molar-refractivity contribution in [3.05, 3.63) is 22.2 Å². The van der Waals surface area contributed by atoms with Crippen LogP contribution < -0.4 is 17.2 Å². The van der Waals surface area contributed by atoms with E-state index in [1.807, 2.05) is 6.92 Å². The van der Waals surface area contributed by atoms with Gasteiger partial charge in [0.25, 0.3) is 0 Å². The second-order valence-electron chi connectivity index (χ2n) is 7.75. The number of aryl methyl sites for hydroxylation is 1. The number of anilines is 1. The molecular weight excluding hydrogens is 537 g/mol. The molecule has 0 saturated carbocycles. The van der Waals surface area contributed by atoms with Gasteiger partial charge in [-0.15, -0.1) is 0 Å². The minimum atomic E-state index is -5.69. The predicted molar refractivity (Wildman–Crippen MR) is 118 cm³/mol. The van der Waals surface area contributed by atoms with Gasteiger partial charge in [-0.2, -0.15) is 13.6 Å². The molecule has 2 rings (SSSR count). The van der Waals surface area contributed by atoms with Gasteiger partial charge >= 0.3 is 29.2 Å². The second-order valence-corrected chi connectivity index (χ2v) is 12.2. The van der Waals surface area contributed by atoms with Gasteiger partial charge < -0.3 is 40.9 Å². The Morgan fingerprint density at radius 2 is 1.86 bits per heavy atom. The lowest BCUT2D eigenvalue weighted by atomic mass is 10.0. The van der Waals surface area contributed by atoms with Gasteiger partial charge in [-0.3, -0.25) is 9.09 Å². The molecule has 0 bridgehead atoms. The second kappa shape index (κ2) is 12.0. The van der Waals surface area contributed by atoms with Gasteiger partial charge in [0, 0.05) is 24.2 Å².